The van der Waals surface area contributed by atoms with Gasteiger partial charge in [-0.25, -0.2) is 9.97 Å². The predicted octanol–water partition coefficient (Wildman–Crippen LogP) is 2.15. The van der Waals surface area contributed by atoms with Crippen molar-refractivity contribution in [2.24, 2.45) is 0 Å². The van der Waals surface area contributed by atoms with E-state index in [9.17, 15) is 4.79 Å². The number of nitrogen functional groups attached to an aromatic ring is 1. The Kier molecular flexibility index (Phi) is 4.59. The van der Waals surface area contributed by atoms with Gasteiger partial charge in [0.2, 0.25) is 5.95 Å². The second kappa shape index (κ2) is 5.55. The number of anilines is 1. The first-order valence-electron chi connectivity index (χ1n) is 4.90. The SMILES string of the molecule is CC(C)(C)OC(=O)CSc1nc(N)ncc1Cl. The molecule has 0 saturated carbocycles. The van der Waals surface area contributed by atoms with Gasteiger partial charge in [-0.2, -0.15) is 0 Å². The van der Waals surface area contributed by atoms with E-state index in [1.807, 2.05) is 20.8 Å². The molecule has 0 aliphatic heterocycles. The zero-order valence-corrected chi connectivity index (χ0v) is 11.4. The third kappa shape index (κ3) is 5.23. The Balaban J connectivity index is 2.56. The van der Waals surface area contributed by atoms with E-state index in [1.165, 1.54) is 18.0 Å². The fraction of sp³-hybridized carbons (Fsp3) is 0.500. The molecule has 1 aromatic heterocycles. The fourth-order valence-electron chi connectivity index (χ4n) is 0.964. The Bertz CT molecular complexity index is 421. The molecule has 0 amide bonds. The largest absolute Gasteiger partial charge is 0.459 e. The molecule has 1 aromatic rings. The van der Waals surface area contributed by atoms with Crippen molar-refractivity contribution >= 4 is 35.3 Å². The first-order valence-corrected chi connectivity index (χ1v) is 6.27. The van der Waals surface area contributed by atoms with Crippen LogP contribution in [0, 0.1) is 0 Å². The summed E-state index contributed by atoms with van der Waals surface area (Å²) in [5.74, 6) is -0.0650. The summed E-state index contributed by atoms with van der Waals surface area (Å²) in [6, 6.07) is 0. The summed E-state index contributed by atoms with van der Waals surface area (Å²) in [5, 5.41) is 0.845. The highest BCUT2D eigenvalue weighted by atomic mass is 35.5. The molecule has 0 spiro atoms. The highest BCUT2D eigenvalue weighted by Gasteiger charge is 2.17. The first kappa shape index (κ1) is 14.1. The molecular weight excluding hydrogens is 262 g/mol. The van der Waals surface area contributed by atoms with Crippen LogP contribution in [0.4, 0.5) is 5.95 Å². The maximum Gasteiger partial charge on any atom is 0.316 e. The lowest BCUT2D eigenvalue weighted by Crippen LogP contribution is -2.24. The number of aromatic nitrogens is 2. The number of nitrogens with two attached hydrogens (primary N) is 1. The van der Waals surface area contributed by atoms with E-state index < -0.39 is 5.60 Å². The highest BCUT2D eigenvalue weighted by molar-refractivity contribution is 8.00. The van der Waals surface area contributed by atoms with Crippen molar-refractivity contribution in [2.45, 2.75) is 31.4 Å². The minimum absolute atomic E-state index is 0.126. The van der Waals surface area contributed by atoms with Gasteiger partial charge in [-0.3, -0.25) is 4.79 Å². The van der Waals surface area contributed by atoms with Crippen LogP contribution in [0.5, 0.6) is 0 Å². The molecule has 5 nitrogen and oxygen atoms in total. The second-order valence-corrected chi connectivity index (χ2v) is 5.63. The Labute approximate surface area is 109 Å². The van der Waals surface area contributed by atoms with Crippen molar-refractivity contribution < 1.29 is 9.53 Å². The van der Waals surface area contributed by atoms with Gasteiger partial charge in [0.15, 0.2) is 0 Å². The van der Waals surface area contributed by atoms with Crippen LogP contribution in [0.25, 0.3) is 0 Å². The first-order chi connectivity index (χ1) is 7.78. The Hall–Kier alpha value is -1.01. The number of carbonyl (C=O) groups excluding carboxylic acids is 1. The zero-order chi connectivity index (χ0) is 13.1. The van der Waals surface area contributed by atoms with E-state index in [0.717, 1.165) is 0 Å². The van der Waals surface area contributed by atoms with Gasteiger partial charge >= 0.3 is 5.97 Å². The van der Waals surface area contributed by atoms with Crippen LogP contribution in [0.1, 0.15) is 20.8 Å². The number of ether oxygens (including phenoxy) is 1. The number of carbonyl (C=O) groups is 1. The maximum atomic E-state index is 11.5. The third-order valence-corrected chi connectivity index (χ3v) is 2.83. The molecule has 1 heterocycles. The zero-order valence-electron chi connectivity index (χ0n) is 9.86. The number of esters is 1. The third-order valence-electron chi connectivity index (χ3n) is 1.48. The van der Waals surface area contributed by atoms with Crippen molar-refractivity contribution in [3.63, 3.8) is 0 Å². The Morgan fingerprint density at radius 3 is 2.82 bits per heavy atom. The minimum atomic E-state index is -0.494. The van der Waals surface area contributed by atoms with E-state index in [1.54, 1.807) is 0 Å². The molecular formula is C10H14ClN3O2S. The number of hydrogen-bond acceptors (Lipinski definition) is 6. The van der Waals surface area contributed by atoms with Crippen LogP contribution in [0.3, 0.4) is 0 Å². The summed E-state index contributed by atoms with van der Waals surface area (Å²) < 4.78 is 5.15. The summed E-state index contributed by atoms with van der Waals surface area (Å²) in [5.41, 5.74) is 4.93. The Morgan fingerprint density at radius 2 is 2.24 bits per heavy atom. The lowest BCUT2D eigenvalue weighted by atomic mass is 10.2. The summed E-state index contributed by atoms with van der Waals surface area (Å²) in [7, 11) is 0. The molecule has 0 saturated heterocycles. The number of rotatable bonds is 3. The van der Waals surface area contributed by atoms with Crippen LogP contribution in [0.2, 0.25) is 5.02 Å². The molecule has 0 atom stereocenters. The average molecular weight is 276 g/mol. The van der Waals surface area contributed by atoms with Gasteiger partial charge in [0, 0.05) is 0 Å². The number of hydrogen-bond donors (Lipinski definition) is 1. The van der Waals surface area contributed by atoms with Crippen LogP contribution < -0.4 is 5.73 Å². The van der Waals surface area contributed by atoms with Gasteiger partial charge in [-0.15, -0.1) is 0 Å². The molecule has 0 unspecified atom stereocenters. The van der Waals surface area contributed by atoms with Crippen LogP contribution in [0.15, 0.2) is 11.2 Å². The van der Waals surface area contributed by atoms with Gasteiger partial charge in [-0.1, -0.05) is 23.4 Å². The van der Waals surface area contributed by atoms with Gasteiger partial charge in [-0.05, 0) is 20.8 Å². The molecule has 2 N–H and O–H groups in total. The number of thioether (sulfide) groups is 1. The summed E-state index contributed by atoms with van der Waals surface area (Å²) in [4.78, 5) is 19.1. The van der Waals surface area contributed by atoms with Crippen molar-refractivity contribution in [1.29, 1.82) is 0 Å². The van der Waals surface area contributed by atoms with Gasteiger partial charge in [0.1, 0.15) is 10.6 Å². The molecule has 94 valence electrons. The van der Waals surface area contributed by atoms with Crippen LogP contribution >= 0.6 is 23.4 Å². The maximum absolute atomic E-state index is 11.5. The van der Waals surface area contributed by atoms with Gasteiger partial charge < -0.3 is 10.5 Å². The van der Waals surface area contributed by atoms with Crippen molar-refractivity contribution in [1.82, 2.24) is 9.97 Å². The van der Waals surface area contributed by atoms with E-state index in [2.05, 4.69) is 9.97 Å². The van der Waals surface area contributed by atoms with E-state index in [4.69, 9.17) is 22.1 Å². The fourth-order valence-corrected chi connectivity index (χ4v) is 1.88. The van der Waals surface area contributed by atoms with E-state index >= 15 is 0 Å². The van der Waals surface area contributed by atoms with E-state index in [0.29, 0.717) is 10.0 Å². The standard InChI is InChI=1S/C10H14ClN3O2S/c1-10(2,3)16-7(15)5-17-8-6(11)4-13-9(12)14-8/h4H,5H2,1-3H3,(H2,12,13,14). The predicted molar refractivity (Wildman–Crippen MR) is 68.0 cm³/mol. The molecule has 17 heavy (non-hydrogen) atoms. The number of nitrogens with zero attached hydrogens (tertiary/aromatic N) is 2. The van der Waals surface area contributed by atoms with Crippen molar-refractivity contribution in [2.75, 3.05) is 11.5 Å². The summed E-state index contributed by atoms with van der Waals surface area (Å²) >= 11 is 7.03. The molecule has 1 rings (SSSR count). The molecule has 0 aliphatic carbocycles. The monoisotopic (exact) mass is 275 g/mol. The van der Waals surface area contributed by atoms with Gasteiger partial charge in [0.25, 0.3) is 0 Å². The lowest BCUT2D eigenvalue weighted by molar-refractivity contribution is -0.151. The van der Waals surface area contributed by atoms with Crippen LogP contribution in [-0.4, -0.2) is 27.3 Å². The lowest BCUT2D eigenvalue weighted by Gasteiger charge is -2.19. The quantitative estimate of drug-likeness (QED) is 0.517. The molecule has 0 aliphatic rings. The molecule has 0 fully saturated rings. The summed E-state index contributed by atoms with van der Waals surface area (Å²) in [6.07, 6.45) is 1.40. The highest BCUT2D eigenvalue weighted by Crippen LogP contribution is 2.25. The smallest absolute Gasteiger partial charge is 0.316 e. The molecule has 0 bridgehead atoms. The Morgan fingerprint density at radius 1 is 1.59 bits per heavy atom. The average Bonchev–Trinajstić information content (AvgIpc) is 2.17. The normalized spacial score (nSPS) is 11.3. The molecule has 7 heteroatoms. The minimum Gasteiger partial charge on any atom is -0.459 e. The van der Waals surface area contributed by atoms with E-state index in [-0.39, 0.29) is 17.7 Å². The van der Waals surface area contributed by atoms with Crippen molar-refractivity contribution in [3.05, 3.63) is 11.2 Å². The second-order valence-electron chi connectivity index (χ2n) is 4.26. The number of halogens is 1. The van der Waals surface area contributed by atoms with Crippen LogP contribution in [-0.2, 0) is 9.53 Å². The topological polar surface area (TPSA) is 78.1 Å². The van der Waals surface area contributed by atoms with Crippen molar-refractivity contribution in [3.8, 4) is 0 Å². The molecule has 0 aromatic carbocycles. The van der Waals surface area contributed by atoms with Gasteiger partial charge in [0.05, 0.1) is 17.0 Å². The summed E-state index contributed by atoms with van der Waals surface area (Å²) in [6.45, 7) is 5.43. The molecule has 0 radical (unpaired) electrons.